The lowest BCUT2D eigenvalue weighted by Gasteiger charge is -2.20. The van der Waals surface area contributed by atoms with E-state index in [0.717, 1.165) is 23.1 Å². The first-order valence-electron chi connectivity index (χ1n) is 13.3. The Hall–Kier alpha value is -4.53. The number of hydrogen-bond acceptors (Lipinski definition) is 5. The van der Waals surface area contributed by atoms with E-state index in [9.17, 15) is 23.1 Å². The summed E-state index contributed by atoms with van der Waals surface area (Å²) in [6.45, 7) is 2.34. The summed E-state index contributed by atoms with van der Waals surface area (Å²) in [5.41, 5.74) is 1.87. The first-order chi connectivity index (χ1) is 19.7. The van der Waals surface area contributed by atoms with Crippen LogP contribution in [0.2, 0.25) is 0 Å². The normalized spacial score (nSPS) is 12.6. The molecule has 0 amide bonds. The Kier molecular flexibility index (Phi) is 9.84. The number of halogens is 3. The van der Waals surface area contributed by atoms with Crippen molar-refractivity contribution in [2.75, 3.05) is 6.61 Å². The molecule has 41 heavy (non-hydrogen) atoms. The second-order valence-electron chi connectivity index (χ2n) is 9.40. The Morgan fingerprint density at radius 1 is 1.00 bits per heavy atom. The standard InChI is InChI=1S/C32H31F3N2O4/c1-2-28-26(37-30(41-28)24-11-7-4-8-12-24)19-20-40-25-16-13-23(14-17-25)21-27(31(38)39)36-29(32(33,34)35)18-15-22-9-5-3-6-10-22/h3-14,16-18,27,36H,2,15,19-21H2,1H3,(H,38,39)/t27-/m0/s1. The molecule has 6 nitrogen and oxygen atoms in total. The molecule has 1 atom stereocenters. The lowest BCUT2D eigenvalue weighted by molar-refractivity contribution is -0.140. The van der Waals surface area contributed by atoms with E-state index < -0.39 is 23.9 Å². The number of aromatic nitrogens is 1. The summed E-state index contributed by atoms with van der Waals surface area (Å²) in [5.74, 6) is 0.532. The number of carboxylic acids is 1. The number of aryl methyl sites for hydroxylation is 1. The molecule has 4 rings (SSSR count). The van der Waals surface area contributed by atoms with Crippen molar-refractivity contribution in [2.24, 2.45) is 0 Å². The molecule has 2 N–H and O–H groups in total. The number of nitrogens with zero attached hydrogens (tertiary/aromatic N) is 1. The van der Waals surface area contributed by atoms with E-state index in [4.69, 9.17) is 9.15 Å². The fourth-order valence-electron chi connectivity index (χ4n) is 4.26. The average molecular weight is 565 g/mol. The Morgan fingerprint density at radius 2 is 1.66 bits per heavy atom. The molecular formula is C32H31F3N2O4. The molecule has 0 saturated heterocycles. The predicted molar refractivity (Wildman–Crippen MR) is 150 cm³/mol. The lowest BCUT2D eigenvalue weighted by Crippen LogP contribution is -2.41. The van der Waals surface area contributed by atoms with Crippen LogP contribution in [0.15, 0.2) is 101 Å². The Bertz CT molecular complexity index is 1430. The van der Waals surface area contributed by atoms with Gasteiger partial charge in [-0.2, -0.15) is 13.2 Å². The second kappa shape index (κ2) is 13.7. The molecule has 0 saturated carbocycles. The van der Waals surface area contributed by atoms with Gasteiger partial charge in [0, 0.05) is 24.8 Å². The van der Waals surface area contributed by atoms with Crippen LogP contribution in [0, 0.1) is 0 Å². The van der Waals surface area contributed by atoms with Gasteiger partial charge in [-0.15, -0.1) is 0 Å². The van der Waals surface area contributed by atoms with Crippen molar-refractivity contribution in [1.82, 2.24) is 10.3 Å². The molecule has 0 bridgehead atoms. The van der Waals surface area contributed by atoms with E-state index in [2.05, 4.69) is 10.3 Å². The summed E-state index contributed by atoms with van der Waals surface area (Å²) in [7, 11) is 0. The molecule has 0 aliphatic heterocycles. The van der Waals surface area contributed by atoms with Crippen LogP contribution in [0.4, 0.5) is 13.2 Å². The van der Waals surface area contributed by atoms with Gasteiger partial charge in [0.2, 0.25) is 5.89 Å². The van der Waals surface area contributed by atoms with Gasteiger partial charge >= 0.3 is 12.1 Å². The number of oxazole rings is 1. The number of ether oxygens (including phenoxy) is 1. The zero-order valence-electron chi connectivity index (χ0n) is 22.5. The molecule has 0 unspecified atom stereocenters. The Morgan fingerprint density at radius 3 is 2.27 bits per heavy atom. The highest BCUT2D eigenvalue weighted by Crippen LogP contribution is 2.26. The van der Waals surface area contributed by atoms with Crippen LogP contribution in [0.5, 0.6) is 5.75 Å². The van der Waals surface area contributed by atoms with Crippen molar-refractivity contribution in [3.05, 3.63) is 119 Å². The second-order valence-corrected chi connectivity index (χ2v) is 9.40. The maximum Gasteiger partial charge on any atom is 0.430 e. The highest BCUT2D eigenvalue weighted by atomic mass is 19.4. The zero-order valence-corrected chi connectivity index (χ0v) is 22.5. The fraction of sp³-hybridized carbons (Fsp3) is 0.250. The van der Waals surface area contributed by atoms with Gasteiger partial charge in [0.05, 0.1) is 12.3 Å². The largest absolute Gasteiger partial charge is 0.493 e. The van der Waals surface area contributed by atoms with Crippen molar-refractivity contribution in [2.45, 2.75) is 44.8 Å². The number of nitrogens with one attached hydrogen (secondary N) is 1. The third-order valence-corrected chi connectivity index (χ3v) is 6.41. The van der Waals surface area contributed by atoms with Crippen LogP contribution in [0.25, 0.3) is 11.5 Å². The van der Waals surface area contributed by atoms with E-state index in [0.29, 0.717) is 42.2 Å². The van der Waals surface area contributed by atoms with Gasteiger partial charge in [-0.1, -0.05) is 73.7 Å². The molecular weight excluding hydrogens is 533 g/mol. The van der Waals surface area contributed by atoms with Crippen LogP contribution in [-0.4, -0.2) is 34.9 Å². The molecule has 1 aromatic heterocycles. The van der Waals surface area contributed by atoms with Crippen molar-refractivity contribution in [3.63, 3.8) is 0 Å². The number of alkyl halides is 3. The first kappa shape index (κ1) is 29.5. The monoisotopic (exact) mass is 564 g/mol. The van der Waals surface area contributed by atoms with E-state index in [1.165, 1.54) is 0 Å². The fourth-order valence-corrected chi connectivity index (χ4v) is 4.26. The summed E-state index contributed by atoms with van der Waals surface area (Å²) in [4.78, 5) is 16.5. The molecule has 0 aliphatic rings. The molecule has 0 radical (unpaired) electrons. The van der Waals surface area contributed by atoms with Crippen LogP contribution < -0.4 is 10.1 Å². The van der Waals surface area contributed by atoms with Gasteiger partial charge in [-0.25, -0.2) is 9.78 Å². The molecule has 0 fully saturated rings. The summed E-state index contributed by atoms with van der Waals surface area (Å²) >= 11 is 0. The molecule has 0 spiro atoms. The first-order valence-corrected chi connectivity index (χ1v) is 13.3. The van der Waals surface area contributed by atoms with Gasteiger partial charge in [0.1, 0.15) is 23.2 Å². The molecule has 3 aromatic carbocycles. The Labute approximate surface area is 236 Å². The van der Waals surface area contributed by atoms with Gasteiger partial charge in [-0.3, -0.25) is 0 Å². The van der Waals surface area contributed by atoms with Gasteiger partial charge < -0.3 is 19.6 Å². The smallest absolute Gasteiger partial charge is 0.430 e. The van der Waals surface area contributed by atoms with Crippen LogP contribution in [0.1, 0.15) is 29.5 Å². The number of carboxylic acid groups (broad SMARTS) is 1. The SMILES string of the molecule is CCc1oc(-c2ccccc2)nc1CCOc1ccc(C[C@H](NC(=CCc2ccccc2)C(F)(F)F)C(=O)O)cc1. The molecule has 0 aliphatic carbocycles. The maximum absolute atomic E-state index is 13.7. The van der Waals surface area contributed by atoms with Crippen LogP contribution in [-0.2, 0) is 30.5 Å². The number of rotatable bonds is 13. The van der Waals surface area contributed by atoms with Gasteiger partial charge in [0.15, 0.2) is 0 Å². The molecule has 9 heteroatoms. The minimum atomic E-state index is -4.72. The molecule has 1 heterocycles. The maximum atomic E-state index is 13.7. The minimum Gasteiger partial charge on any atom is -0.493 e. The number of benzene rings is 3. The topological polar surface area (TPSA) is 84.6 Å². The number of carbonyl (C=O) groups is 1. The molecule has 214 valence electrons. The predicted octanol–water partition coefficient (Wildman–Crippen LogP) is 6.80. The van der Waals surface area contributed by atoms with E-state index in [1.54, 1.807) is 54.6 Å². The van der Waals surface area contributed by atoms with Gasteiger partial charge in [-0.05, 0) is 41.8 Å². The van der Waals surface area contributed by atoms with Gasteiger partial charge in [0.25, 0.3) is 0 Å². The van der Waals surface area contributed by atoms with Crippen LogP contribution >= 0.6 is 0 Å². The number of aliphatic carboxylic acids is 1. The summed E-state index contributed by atoms with van der Waals surface area (Å²) in [6, 6.07) is 23.5. The minimum absolute atomic E-state index is 0.0166. The van der Waals surface area contributed by atoms with Crippen molar-refractivity contribution in [3.8, 4) is 17.2 Å². The van der Waals surface area contributed by atoms with Crippen molar-refractivity contribution < 1.29 is 32.2 Å². The Balaban J connectivity index is 1.35. The third kappa shape index (κ3) is 8.48. The highest BCUT2D eigenvalue weighted by Gasteiger charge is 2.36. The summed E-state index contributed by atoms with van der Waals surface area (Å²) < 4.78 is 52.8. The summed E-state index contributed by atoms with van der Waals surface area (Å²) in [5, 5.41) is 11.8. The van der Waals surface area contributed by atoms with E-state index in [1.807, 2.05) is 37.3 Å². The lowest BCUT2D eigenvalue weighted by atomic mass is 10.0. The zero-order chi connectivity index (χ0) is 29.2. The molecule has 4 aromatic rings. The number of hydrogen-bond donors (Lipinski definition) is 2. The third-order valence-electron chi connectivity index (χ3n) is 6.41. The highest BCUT2D eigenvalue weighted by molar-refractivity contribution is 5.74. The van der Waals surface area contributed by atoms with E-state index >= 15 is 0 Å². The van der Waals surface area contributed by atoms with E-state index in [-0.39, 0.29) is 12.8 Å². The van der Waals surface area contributed by atoms with Crippen molar-refractivity contribution >= 4 is 5.97 Å². The van der Waals surface area contributed by atoms with Crippen molar-refractivity contribution in [1.29, 1.82) is 0 Å². The average Bonchev–Trinajstić information content (AvgIpc) is 3.39. The quantitative estimate of drug-likeness (QED) is 0.186. The van der Waals surface area contributed by atoms with Crippen LogP contribution in [0.3, 0.4) is 0 Å². The number of allylic oxidation sites excluding steroid dienone is 2. The summed E-state index contributed by atoms with van der Waals surface area (Å²) in [6.07, 6.45) is -2.65.